The molecular formula is C12H25N3O2S2. The first-order chi connectivity index (χ1) is 8.77. The standard InChI is InChI=1S/C12H25N3O2S2/c1-4-11(12(13)18)19(16,17)14-7-10-5-6-15(8-10)9(2)3/h9-11,14H,4-8H2,1-3H3,(H2,13,18). The molecule has 5 nitrogen and oxygen atoms in total. The van der Waals surface area contributed by atoms with Crippen LogP contribution in [-0.4, -0.2) is 49.2 Å². The summed E-state index contributed by atoms with van der Waals surface area (Å²) in [5.41, 5.74) is 5.48. The molecule has 0 radical (unpaired) electrons. The third-order valence-electron chi connectivity index (χ3n) is 3.68. The molecule has 0 aromatic rings. The van der Waals surface area contributed by atoms with Gasteiger partial charge in [-0.2, -0.15) is 0 Å². The van der Waals surface area contributed by atoms with Crippen LogP contribution in [0.5, 0.6) is 0 Å². The number of sulfonamides is 1. The van der Waals surface area contributed by atoms with Crippen molar-refractivity contribution >= 4 is 27.2 Å². The highest BCUT2D eigenvalue weighted by atomic mass is 32.2. The number of nitrogens with two attached hydrogens (primary N) is 1. The number of nitrogens with zero attached hydrogens (tertiary/aromatic N) is 1. The summed E-state index contributed by atoms with van der Waals surface area (Å²) in [4.78, 5) is 2.41. The van der Waals surface area contributed by atoms with E-state index in [4.69, 9.17) is 18.0 Å². The summed E-state index contributed by atoms with van der Waals surface area (Å²) in [5.74, 6) is 0.376. The lowest BCUT2D eigenvalue weighted by Gasteiger charge is -2.21. The third kappa shape index (κ3) is 4.66. The zero-order valence-electron chi connectivity index (χ0n) is 11.9. The highest BCUT2D eigenvalue weighted by molar-refractivity contribution is 7.93. The molecule has 7 heteroatoms. The Balaban J connectivity index is 2.51. The zero-order chi connectivity index (χ0) is 14.6. The summed E-state index contributed by atoms with van der Waals surface area (Å²) in [6.45, 7) is 8.56. The van der Waals surface area contributed by atoms with E-state index in [1.807, 2.05) is 0 Å². The molecule has 0 spiro atoms. The molecule has 1 saturated heterocycles. The molecule has 1 aliphatic rings. The van der Waals surface area contributed by atoms with Crippen LogP contribution in [0.2, 0.25) is 0 Å². The Morgan fingerprint density at radius 1 is 1.53 bits per heavy atom. The van der Waals surface area contributed by atoms with Crippen LogP contribution in [-0.2, 0) is 10.0 Å². The molecule has 2 unspecified atom stereocenters. The van der Waals surface area contributed by atoms with Crippen LogP contribution in [0.1, 0.15) is 33.6 Å². The predicted octanol–water partition coefficient (Wildman–Crippen LogP) is 0.701. The molecule has 3 N–H and O–H groups in total. The number of nitrogens with one attached hydrogen (secondary N) is 1. The second-order valence-corrected chi connectivity index (χ2v) is 7.86. The van der Waals surface area contributed by atoms with Gasteiger partial charge in [0.15, 0.2) is 0 Å². The molecule has 19 heavy (non-hydrogen) atoms. The number of thiocarbonyl (C=S) groups is 1. The van der Waals surface area contributed by atoms with Crippen molar-refractivity contribution in [1.29, 1.82) is 0 Å². The fourth-order valence-corrected chi connectivity index (χ4v) is 4.37. The first-order valence-electron chi connectivity index (χ1n) is 6.79. The van der Waals surface area contributed by atoms with Gasteiger partial charge in [-0.15, -0.1) is 0 Å². The summed E-state index contributed by atoms with van der Waals surface area (Å²) in [6, 6.07) is 0.515. The van der Waals surface area contributed by atoms with Gasteiger partial charge in [0.25, 0.3) is 0 Å². The van der Waals surface area contributed by atoms with Crippen LogP contribution >= 0.6 is 12.2 Å². The molecule has 2 atom stereocenters. The van der Waals surface area contributed by atoms with Crippen LogP contribution in [0.3, 0.4) is 0 Å². The normalized spacial score (nSPS) is 22.8. The van der Waals surface area contributed by atoms with Gasteiger partial charge in [-0.3, -0.25) is 0 Å². The second-order valence-electron chi connectivity index (χ2n) is 5.44. The SMILES string of the molecule is CCC(C(N)=S)S(=O)(=O)NCC1CCN(C(C)C)C1. The van der Waals surface area contributed by atoms with Crippen molar-refractivity contribution in [3.05, 3.63) is 0 Å². The van der Waals surface area contributed by atoms with Crippen LogP contribution in [0.15, 0.2) is 0 Å². The molecule has 1 heterocycles. The molecule has 1 rings (SSSR count). The van der Waals surface area contributed by atoms with Gasteiger partial charge in [0.2, 0.25) is 10.0 Å². The van der Waals surface area contributed by atoms with E-state index < -0.39 is 15.3 Å². The molecule has 0 amide bonds. The Kier molecular flexibility index (Phi) is 6.16. The average molecular weight is 307 g/mol. The summed E-state index contributed by atoms with van der Waals surface area (Å²) in [6.07, 6.45) is 1.44. The number of hydrogen-bond acceptors (Lipinski definition) is 4. The molecule has 0 aromatic carbocycles. The van der Waals surface area contributed by atoms with E-state index in [2.05, 4.69) is 23.5 Å². The highest BCUT2D eigenvalue weighted by Crippen LogP contribution is 2.18. The van der Waals surface area contributed by atoms with Crippen LogP contribution in [0.25, 0.3) is 0 Å². The van der Waals surface area contributed by atoms with E-state index in [0.717, 1.165) is 19.5 Å². The lowest BCUT2D eigenvalue weighted by molar-refractivity contribution is 0.265. The van der Waals surface area contributed by atoms with Gasteiger partial charge in [-0.05, 0) is 39.2 Å². The molecule has 112 valence electrons. The molecule has 0 aromatic heterocycles. The minimum absolute atomic E-state index is 0.0465. The molecule has 1 fully saturated rings. The Hall–Kier alpha value is -0.240. The monoisotopic (exact) mass is 307 g/mol. The molecule has 1 aliphatic heterocycles. The minimum Gasteiger partial charge on any atom is -0.392 e. The van der Waals surface area contributed by atoms with Crippen molar-refractivity contribution < 1.29 is 8.42 Å². The molecule has 0 aliphatic carbocycles. The summed E-state index contributed by atoms with van der Waals surface area (Å²) < 4.78 is 26.8. The number of likely N-dealkylation sites (tertiary alicyclic amines) is 1. The molecule has 0 bridgehead atoms. The first-order valence-corrected chi connectivity index (χ1v) is 8.75. The van der Waals surface area contributed by atoms with Gasteiger partial charge in [0.05, 0.1) is 4.99 Å². The number of hydrogen-bond donors (Lipinski definition) is 2. The van der Waals surface area contributed by atoms with Gasteiger partial charge in [0.1, 0.15) is 5.25 Å². The smallest absolute Gasteiger partial charge is 0.221 e. The van der Waals surface area contributed by atoms with Crippen LogP contribution < -0.4 is 10.5 Å². The maximum Gasteiger partial charge on any atom is 0.221 e. The van der Waals surface area contributed by atoms with Crippen LogP contribution in [0, 0.1) is 5.92 Å². The predicted molar refractivity (Wildman–Crippen MR) is 82.6 cm³/mol. The lowest BCUT2D eigenvalue weighted by Crippen LogP contribution is -2.43. The van der Waals surface area contributed by atoms with Gasteiger partial charge in [-0.25, -0.2) is 13.1 Å². The molecule has 0 saturated carbocycles. The maximum atomic E-state index is 12.1. The van der Waals surface area contributed by atoms with Crippen molar-refractivity contribution in [3.63, 3.8) is 0 Å². The maximum absolute atomic E-state index is 12.1. The Morgan fingerprint density at radius 3 is 2.58 bits per heavy atom. The van der Waals surface area contributed by atoms with Crippen molar-refractivity contribution in [2.75, 3.05) is 19.6 Å². The van der Waals surface area contributed by atoms with E-state index in [1.165, 1.54) is 0 Å². The summed E-state index contributed by atoms with van der Waals surface area (Å²) in [7, 11) is -3.43. The van der Waals surface area contributed by atoms with Crippen molar-refractivity contribution in [2.45, 2.75) is 44.9 Å². The fourth-order valence-electron chi connectivity index (χ4n) is 2.41. The van der Waals surface area contributed by atoms with Gasteiger partial charge >= 0.3 is 0 Å². The van der Waals surface area contributed by atoms with Gasteiger partial charge in [0, 0.05) is 19.1 Å². The second kappa shape index (κ2) is 6.97. The first kappa shape index (κ1) is 16.8. The summed E-state index contributed by atoms with van der Waals surface area (Å²) >= 11 is 4.82. The van der Waals surface area contributed by atoms with Crippen molar-refractivity contribution in [1.82, 2.24) is 9.62 Å². The lowest BCUT2D eigenvalue weighted by atomic mass is 10.1. The average Bonchev–Trinajstić information content (AvgIpc) is 2.75. The Labute approximate surface area is 122 Å². The molecular weight excluding hydrogens is 282 g/mol. The Bertz CT molecular complexity index is 409. The van der Waals surface area contributed by atoms with Gasteiger partial charge < -0.3 is 10.6 Å². The van der Waals surface area contributed by atoms with E-state index in [-0.39, 0.29) is 4.99 Å². The van der Waals surface area contributed by atoms with Crippen molar-refractivity contribution in [3.8, 4) is 0 Å². The minimum atomic E-state index is -3.43. The largest absolute Gasteiger partial charge is 0.392 e. The fraction of sp³-hybridized carbons (Fsp3) is 0.917. The highest BCUT2D eigenvalue weighted by Gasteiger charge is 2.29. The Morgan fingerprint density at radius 2 is 2.16 bits per heavy atom. The van der Waals surface area contributed by atoms with Gasteiger partial charge in [-0.1, -0.05) is 19.1 Å². The van der Waals surface area contributed by atoms with E-state index in [9.17, 15) is 8.42 Å². The topological polar surface area (TPSA) is 75.4 Å². The third-order valence-corrected chi connectivity index (χ3v) is 6.02. The quantitative estimate of drug-likeness (QED) is 0.677. The zero-order valence-corrected chi connectivity index (χ0v) is 13.6. The van der Waals surface area contributed by atoms with E-state index >= 15 is 0 Å². The van der Waals surface area contributed by atoms with Crippen molar-refractivity contribution in [2.24, 2.45) is 11.7 Å². The number of rotatable bonds is 7. The van der Waals surface area contributed by atoms with Crippen LogP contribution in [0.4, 0.5) is 0 Å². The summed E-state index contributed by atoms with van der Waals surface area (Å²) in [5, 5.41) is -0.759. The van der Waals surface area contributed by atoms with E-state index in [0.29, 0.717) is 24.9 Å². The van der Waals surface area contributed by atoms with E-state index in [1.54, 1.807) is 6.92 Å².